The van der Waals surface area contributed by atoms with Crippen molar-refractivity contribution in [1.29, 1.82) is 0 Å². The summed E-state index contributed by atoms with van der Waals surface area (Å²) in [5, 5.41) is -0.139. The molecular weight excluding hydrogens is 317 g/mol. The van der Waals surface area contributed by atoms with Crippen molar-refractivity contribution in [2.45, 2.75) is 25.3 Å². The zero-order chi connectivity index (χ0) is 16.0. The summed E-state index contributed by atoms with van der Waals surface area (Å²) in [4.78, 5) is 1.92. The molecule has 0 saturated heterocycles. The minimum Gasteiger partial charge on any atom is -0.326 e. The second-order valence-corrected chi connectivity index (χ2v) is 6.65. The molecule has 0 unspecified atom stereocenters. The zero-order valence-corrected chi connectivity index (χ0v) is 13.8. The highest BCUT2D eigenvalue weighted by Crippen LogP contribution is 2.24. The number of halogens is 2. The maximum atomic E-state index is 13.6. The topological polar surface area (TPSA) is 75.4 Å². The van der Waals surface area contributed by atoms with Crippen LogP contribution in [0.5, 0.6) is 0 Å². The summed E-state index contributed by atoms with van der Waals surface area (Å²) < 4.78 is 40.4. The highest BCUT2D eigenvalue weighted by Gasteiger charge is 2.18. The van der Waals surface area contributed by atoms with E-state index in [1.165, 1.54) is 6.07 Å². The zero-order valence-electron chi connectivity index (χ0n) is 12.2. The molecule has 0 amide bonds. The van der Waals surface area contributed by atoms with Crippen molar-refractivity contribution in [1.82, 2.24) is 9.62 Å². The third kappa shape index (κ3) is 4.89. The van der Waals surface area contributed by atoms with E-state index >= 15 is 0 Å². The van der Waals surface area contributed by atoms with Crippen molar-refractivity contribution < 1.29 is 12.8 Å². The molecule has 0 bridgehead atoms. The van der Waals surface area contributed by atoms with Gasteiger partial charge < -0.3 is 10.6 Å². The van der Waals surface area contributed by atoms with Crippen molar-refractivity contribution >= 4 is 21.6 Å². The number of nitrogens with one attached hydrogen (secondary N) is 1. The van der Waals surface area contributed by atoms with Crippen LogP contribution in [0.15, 0.2) is 17.0 Å². The summed E-state index contributed by atoms with van der Waals surface area (Å²) in [6, 6.07) is 2.20. The Kier molecular flexibility index (Phi) is 7.02. The van der Waals surface area contributed by atoms with E-state index in [0.717, 1.165) is 19.2 Å². The lowest BCUT2D eigenvalue weighted by atomic mass is 10.2. The molecule has 0 radical (unpaired) electrons. The van der Waals surface area contributed by atoms with Crippen LogP contribution >= 0.6 is 11.6 Å². The SMILES string of the molecule is CCN(CC)CCNS(=O)(=O)c1cc(F)c(Cl)c(CN)c1. The molecule has 0 spiro atoms. The molecule has 5 nitrogen and oxygen atoms in total. The smallest absolute Gasteiger partial charge is 0.240 e. The van der Waals surface area contributed by atoms with Gasteiger partial charge in [-0.05, 0) is 30.8 Å². The van der Waals surface area contributed by atoms with E-state index in [1.807, 2.05) is 13.8 Å². The highest BCUT2D eigenvalue weighted by molar-refractivity contribution is 7.89. The first-order valence-corrected chi connectivity index (χ1v) is 8.61. The van der Waals surface area contributed by atoms with Crippen molar-refractivity contribution in [3.05, 3.63) is 28.5 Å². The third-order valence-electron chi connectivity index (χ3n) is 3.22. The van der Waals surface area contributed by atoms with Gasteiger partial charge in [0.05, 0.1) is 9.92 Å². The molecule has 0 atom stereocenters. The number of benzene rings is 1. The molecule has 0 saturated carbocycles. The van der Waals surface area contributed by atoms with Crippen molar-refractivity contribution in [2.75, 3.05) is 26.2 Å². The summed E-state index contributed by atoms with van der Waals surface area (Å²) >= 11 is 5.72. The number of rotatable bonds is 8. The fraction of sp³-hybridized carbons (Fsp3) is 0.538. The van der Waals surface area contributed by atoms with Crippen molar-refractivity contribution in [2.24, 2.45) is 5.73 Å². The molecule has 0 heterocycles. The quantitative estimate of drug-likeness (QED) is 0.755. The summed E-state index contributed by atoms with van der Waals surface area (Å²) in [7, 11) is -3.78. The van der Waals surface area contributed by atoms with Gasteiger partial charge in [0.15, 0.2) is 0 Å². The van der Waals surface area contributed by atoms with Gasteiger partial charge in [-0.15, -0.1) is 0 Å². The molecule has 120 valence electrons. The second-order valence-electron chi connectivity index (χ2n) is 4.51. The summed E-state index contributed by atoms with van der Waals surface area (Å²) in [6.07, 6.45) is 0. The first kappa shape index (κ1) is 18.3. The van der Waals surface area contributed by atoms with Gasteiger partial charge in [-0.3, -0.25) is 0 Å². The maximum absolute atomic E-state index is 13.6. The van der Waals surface area contributed by atoms with E-state index in [4.69, 9.17) is 17.3 Å². The lowest BCUT2D eigenvalue weighted by Crippen LogP contribution is -2.34. The molecule has 8 heteroatoms. The first-order chi connectivity index (χ1) is 9.85. The van der Waals surface area contributed by atoms with Gasteiger partial charge in [-0.25, -0.2) is 17.5 Å². The molecule has 3 N–H and O–H groups in total. The Bertz CT molecular complexity index is 577. The van der Waals surface area contributed by atoms with Gasteiger partial charge in [-0.1, -0.05) is 25.4 Å². The molecule has 1 aromatic carbocycles. The Morgan fingerprint density at radius 2 is 1.95 bits per heavy atom. The molecule has 0 aliphatic heterocycles. The monoisotopic (exact) mass is 337 g/mol. The van der Waals surface area contributed by atoms with Crippen molar-refractivity contribution in [3.8, 4) is 0 Å². The lowest BCUT2D eigenvalue weighted by Gasteiger charge is -2.18. The Hall–Kier alpha value is -0.730. The van der Waals surface area contributed by atoms with Crippen LogP contribution in [0.25, 0.3) is 0 Å². The number of likely N-dealkylation sites (N-methyl/N-ethyl adjacent to an activating group) is 1. The van der Waals surface area contributed by atoms with Gasteiger partial charge in [0, 0.05) is 19.6 Å². The van der Waals surface area contributed by atoms with E-state index < -0.39 is 15.8 Å². The van der Waals surface area contributed by atoms with Crippen LogP contribution in [0.2, 0.25) is 5.02 Å². The van der Waals surface area contributed by atoms with Gasteiger partial charge in [0.25, 0.3) is 0 Å². The summed E-state index contributed by atoms with van der Waals surface area (Å²) in [5.41, 5.74) is 5.70. The van der Waals surface area contributed by atoms with Crippen LogP contribution in [0.3, 0.4) is 0 Å². The number of nitrogens with zero attached hydrogens (tertiary/aromatic N) is 1. The van der Waals surface area contributed by atoms with Gasteiger partial charge in [-0.2, -0.15) is 0 Å². The highest BCUT2D eigenvalue weighted by atomic mass is 35.5. The van der Waals surface area contributed by atoms with E-state index in [2.05, 4.69) is 9.62 Å². The average molecular weight is 338 g/mol. The normalized spacial score (nSPS) is 12.1. The molecule has 0 fully saturated rings. The van der Waals surface area contributed by atoms with Crippen LogP contribution in [-0.2, 0) is 16.6 Å². The second kappa shape index (κ2) is 8.05. The number of hydrogen-bond acceptors (Lipinski definition) is 4. The van der Waals surface area contributed by atoms with Crippen molar-refractivity contribution in [3.63, 3.8) is 0 Å². The predicted octanol–water partition coefficient (Wildman–Crippen LogP) is 1.56. The van der Waals surface area contributed by atoms with Crippen LogP contribution in [-0.4, -0.2) is 39.5 Å². The Morgan fingerprint density at radius 1 is 1.33 bits per heavy atom. The Balaban J connectivity index is 2.86. The number of sulfonamides is 1. The van der Waals surface area contributed by atoms with E-state index in [9.17, 15) is 12.8 Å². The minimum absolute atomic E-state index is 0.0292. The molecule has 1 rings (SSSR count). The predicted molar refractivity (Wildman–Crippen MR) is 82.3 cm³/mol. The standard InChI is InChI=1S/C13H21ClFN3O2S/c1-3-18(4-2)6-5-17-21(19,20)11-7-10(9-16)13(14)12(15)8-11/h7-8,17H,3-6,9,16H2,1-2H3. The number of hydrogen-bond donors (Lipinski definition) is 2. The van der Waals surface area contributed by atoms with Crippen LogP contribution in [0.1, 0.15) is 19.4 Å². The molecule has 21 heavy (non-hydrogen) atoms. The number of nitrogens with two attached hydrogens (primary N) is 1. The summed E-state index contributed by atoms with van der Waals surface area (Å²) in [5.74, 6) is -0.788. The van der Waals surface area contributed by atoms with Crippen LogP contribution in [0, 0.1) is 5.82 Å². The first-order valence-electron chi connectivity index (χ1n) is 6.75. The van der Waals surface area contributed by atoms with E-state index in [1.54, 1.807) is 0 Å². The summed E-state index contributed by atoms with van der Waals surface area (Å²) in [6.45, 7) is 6.49. The lowest BCUT2D eigenvalue weighted by molar-refractivity contribution is 0.309. The molecule has 0 aromatic heterocycles. The van der Waals surface area contributed by atoms with Gasteiger partial charge >= 0.3 is 0 Å². The Labute approximate surface area is 130 Å². The molecular formula is C13H21ClFN3O2S. The molecule has 0 aliphatic carbocycles. The van der Waals surface area contributed by atoms with Crippen LogP contribution in [0.4, 0.5) is 4.39 Å². The minimum atomic E-state index is -3.78. The fourth-order valence-electron chi connectivity index (χ4n) is 1.88. The molecule has 0 aliphatic rings. The molecule has 1 aromatic rings. The fourth-order valence-corrected chi connectivity index (χ4v) is 3.15. The van der Waals surface area contributed by atoms with Crippen LogP contribution < -0.4 is 10.5 Å². The average Bonchev–Trinajstić information content (AvgIpc) is 2.46. The third-order valence-corrected chi connectivity index (χ3v) is 5.09. The van der Waals surface area contributed by atoms with E-state index in [0.29, 0.717) is 6.54 Å². The largest absolute Gasteiger partial charge is 0.326 e. The maximum Gasteiger partial charge on any atom is 0.240 e. The van der Waals surface area contributed by atoms with Gasteiger partial charge in [0.2, 0.25) is 10.0 Å². The Morgan fingerprint density at radius 3 is 2.48 bits per heavy atom. The van der Waals surface area contributed by atoms with E-state index in [-0.39, 0.29) is 28.6 Å². The van der Waals surface area contributed by atoms with Gasteiger partial charge in [0.1, 0.15) is 5.82 Å².